The van der Waals surface area contributed by atoms with Gasteiger partial charge in [-0.1, -0.05) is 17.7 Å². The van der Waals surface area contributed by atoms with Gasteiger partial charge in [0.2, 0.25) is 0 Å². The summed E-state index contributed by atoms with van der Waals surface area (Å²) >= 11 is 6.26. The van der Waals surface area contributed by atoms with E-state index in [1.807, 2.05) is 18.2 Å². The van der Waals surface area contributed by atoms with E-state index in [-0.39, 0.29) is 23.1 Å². The maximum Gasteiger partial charge on any atom is 0.154 e. The van der Waals surface area contributed by atoms with Crippen LogP contribution >= 0.6 is 11.6 Å². The van der Waals surface area contributed by atoms with Gasteiger partial charge in [0.25, 0.3) is 0 Å². The molecule has 1 aromatic rings. The summed E-state index contributed by atoms with van der Waals surface area (Å²) in [4.78, 5) is 0. The van der Waals surface area contributed by atoms with Crippen LogP contribution in [0.15, 0.2) is 18.2 Å². The second-order valence-corrected chi connectivity index (χ2v) is 9.10. The molecule has 6 heteroatoms. The van der Waals surface area contributed by atoms with Crippen LogP contribution in [0.3, 0.4) is 0 Å². The summed E-state index contributed by atoms with van der Waals surface area (Å²) in [6.45, 7) is 6.81. The molecule has 1 aliphatic heterocycles. The number of rotatable bonds is 4. The van der Waals surface area contributed by atoms with Crippen LogP contribution in [0.2, 0.25) is 5.02 Å². The lowest BCUT2D eigenvalue weighted by Gasteiger charge is -2.23. The molecule has 1 aliphatic rings. The Kier molecular flexibility index (Phi) is 4.85. The van der Waals surface area contributed by atoms with Crippen LogP contribution < -0.4 is 10.1 Å². The topological polar surface area (TPSA) is 55.4 Å². The van der Waals surface area contributed by atoms with Crippen LogP contribution in [-0.4, -0.2) is 31.6 Å². The largest absolute Gasteiger partial charge is 0.489 e. The molecule has 1 atom stereocenters. The third-order valence-corrected chi connectivity index (χ3v) is 5.45. The quantitative estimate of drug-likeness (QED) is 0.921. The minimum Gasteiger partial charge on any atom is -0.489 e. The molecule has 4 nitrogen and oxygen atoms in total. The Balaban J connectivity index is 2.14. The van der Waals surface area contributed by atoms with Gasteiger partial charge in [-0.05, 0) is 39.3 Å². The SMILES string of the molecule is CC(C)(C)NCc1c(Cl)cccc1OC1CCS(=O)(=O)C1. The van der Waals surface area contributed by atoms with Crippen molar-refractivity contribution in [1.29, 1.82) is 0 Å². The highest BCUT2D eigenvalue weighted by molar-refractivity contribution is 7.91. The molecular weight excluding hydrogens is 310 g/mol. The number of ether oxygens (including phenoxy) is 1. The third-order valence-electron chi connectivity index (χ3n) is 3.36. The molecule has 1 unspecified atom stereocenters. The van der Waals surface area contributed by atoms with Crippen molar-refractivity contribution in [3.8, 4) is 5.75 Å². The zero-order valence-electron chi connectivity index (χ0n) is 12.6. The van der Waals surface area contributed by atoms with Gasteiger partial charge < -0.3 is 10.1 Å². The second kappa shape index (κ2) is 6.15. The number of hydrogen-bond acceptors (Lipinski definition) is 4. The first-order chi connectivity index (χ1) is 9.66. The monoisotopic (exact) mass is 331 g/mol. The summed E-state index contributed by atoms with van der Waals surface area (Å²) in [5, 5.41) is 4.01. The van der Waals surface area contributed by atoms with Gasteiger partial charge >= 0.3 is 0 Å². The van der Waals surface area contributed by atoms with E-state index in [0.717, 1.165) is 5.56 Å². The van der Waals surface area contributed by atoms with Crippen molar-refractivity contribution >= 4 is 21.4 Å². The summed E-state index contributed by atoms with van der Waals surface area (Å²) in [6.07, 6.45) is 0.267. The number of nitrogens with one attached hydrogen (secondary N) is 1. The Morgan fingerprint density at radius 1 is 1.38 bits per heavy atom. The summed E-state index contributed by atoms with van der Waals surface area (Å²) in [5.41, 5.74) is 0.839. The molecule has 0 spiro atoms. The van der Waals surface area contributed by atoms with Gasteiger partial charge in [0.15, 0.2) is 9.84 Å². The van der Waals surface area contributed by atoms with Crippen molar-refractivity contribution in [2.24, 2.45) is 0 Å². The highest BCUT2D eigenvalue weighted by Crippen LogP contribution is 2.29. The maximum absolute atomic E-state index is 11.5. The molecule has 0 radical (unpaired) electrons. The van der Waals surface area contributed by atoms with Crippen LogP contribution in [0, 0.1) is 0 Å². The summed E-state index contributed by atoms with van der Waals surface area (Å²) in [5.74, 6) is 0.959. The Labute approximate surface area is 131 Å². The van der Waals surface area contributed by atoms with E-state index in [4.69, 9.17) is 16.3 Å². The molecule has 0 aliphatic carbocycles. The van der Waals surface area contributed by atoms with Gasteiger partial charge in [0.05, 0.1) is 11.5 Å². The zero-order valence-corrected chi connectivity index (χ0v) is 14.2. The van der Waals surface area contributed by atoms with E-state index in [9.17, 15) is 8.42 Å². The highest BCUT2D eigenvalue weighted by Gasteiger charge is 2.30. The summed E-state index contributed by atoms with van der Waals surface area (Å²) in [7, 11) is -2.95. The average molecular weight is 332 g/mol. The van der Waals surface area contributed by atoms with Crippen LogP contribution in [0.1, 0.15) is 32.8 Å². The fourth-order valence-corrected chi connectivity index (χ4v) is 4.03. The third kappa shape index (κ3) is 4.87. The van der Waals surface area contributed by atoms with Crippen molar-refractivity contribution in [3.05, 3.63) is 28.8 Å². The van der Waals surface area contributed by atoms with E-state index in [1.165, 1.54) is 0 Å². The standard InChI is InChI=1S/C15H22ClNO3S/c1-15(2,3)17-9-12-13(16)5-4-6-14(12)20-11-7-8-21(18,19)10-11/h4-6,11,17H,7-10H2,1-3H3. The number of sulfone groups is 1. The summed E-state index contributed by atoms with van der Waals surface area (Å²) < 4.78 is 28.9. The van der Waals surface area contributed by atoms with E-state index in [2.05, 4.69) is 26.1 Å². The molecule has 0 amide bonds. The van der Waals surface area contributed by atoms with Gasteiger partial charge in [-0.3, -0.25) is 0 Å². The molecule has 0 bridgehead atoms. The highest BCUT2D eigenvalue weighted by atomic mass is 35.5. The second-order valence-electron chi connectivity index (χ2n) is 6.46. The van der Waals surface area contributed by atoms with Crippen LogP contribution in [0.5, 0.6) is 5.75 Å². The van der Waals surface area contributed by atoms with E-state index in [1.54, 1.807) is 0 Å². The average Bonchev–Trinajstić information content (AvgIpc) is 2.66. The van der Waals surface area contributed by atoms with E-state index >= 15 is 0 Å². The lowest BCUT2D eigenvalue weighted by atomic mass is 10.1. The van der Waals surface area contributed by atoms with E-state index < -0.39 is 9.84 Å². The zero-order chi connectivity index (χ0) is 15.7. The molecule has 1 fully saturated rings. The lowest BCUT2D eigenvalue weighted by Crippen LogP contribution is -2.35. The van der Waals surface area contributed by atoms with Crippen LogP contribution in [0.25, 0.3) is 0 Å². The molecule has 1 saturated heterocycles. The number of halogens is 1. The van der Waals surface area contributed by atoms with Crippen molar-refractivity contribution in [2.45, 2.75) is 45.4 Å². The fourth-order valence-electron chi connectivity index (χ4n) is 2.21. The van der Waals surface area contributed by atoms with Gasteiger partial charge in [-0.2, -0.15) is 0 Å². The normalized spacial score (nSPS) is 21.4. The molecular formula is C15H22ClNO3S. The van der Waals surface area contributed by atoms with Crippen molar-refractivity contribution in [2.75, 3.05) is 11.5 Å². The van der Waals surface area contributed by atoms with Gasteiger partial charge in [0.1, 0.15) is 11.9 Å². The maximum atomic E-state index is 11.5. The van der Waals surface area contributed by atoms with Crippen molar-refractivity contribution in [3.63, 3.8) is 0 Å². The van der Waals surface area contributed by atoms with Crippen LogP contribution in [-0.2, 0) is 16.4 Å². The van der Waals surface area contributed by atoms with Crippen LogP contribution in [0.4, 0.5) is 0 Å². The first kappa shape index (κ1) is 16.6. The molecule has 1 aromatic carbocycles. The van der Waals surface area contributed by atoms with Crippen molar-refractivity contribution in [1.82, 2.24) is 5.32 Å². The fraction of sp³-hybridized carbons (Fsp3) is 0.600. The molecule has 21 heavy (non-hydrogen) atoms. The minimum absolute atomic E-state index is 0.0346. The Bertz CT molecular complexity index is 608. The number of hydrogen-bond donors (Lipinski definition) is 1. The lowest BCUT2D eigenvalue weighted by molar-refractivity contribution is 0.225. The predicted molar refractivity (Wildman–Crippen MR) is 85.7 cm³/mol. The molecule has 1 heterocycles. The van der Waals surface area contributed by atoms with Gasteiger partial charge in [-0.15, -0.1) is 0 Å². The molecule has 1 N–H and O–H groups in total. The molecule has 0 aromatic heterocycles. The first-order valence-corrected chi connectivity index (χ1v) is 9.26. The smallest absolute Gasteiger partial charge is 0.154 e. The summed E-state index contributed by atoms with van der Waals surface area (Å²) in [6, 6.07) is 5.48. The molecule has 118 valence electrons. The van der Waals surface area contributed by atoms with Gasteiger partial charge in [-0.25, -0.2) is 8.42 Å². The number of benzene rings is 1. The minimum atomic E-state index is -2.95. The molecule has 0 saturated carbocycles. The first-order valence-electron chi connectivity index (χ1n) is 7.06. The Hall–Kier alpha value is -0.780. The molecule has 2 rings (SSSR count). The van der Waals surface area contributed by atoms with E-state index in [0.29, 0.717) is 23.7 Å². The Morgan fingerprint density at radius 3 is 2.67 bits per heavy atom. The van der Waals surface area contributed by atoms with Crippen molar-refractivity contribution < 1.29 is 13.2 Å². The van der Waals surface area contributed by atoms with Gasteiger partial charge in [0, 0.05) is 22.7 Å². The Morgan fingerprint density at radius 2 is 2.10 bits per heavy atom. The predicted octanol–water partition coefficient (Wildman–Crippen LogP) is 2.79.